The normalized spacial score (nSPS) is 10.9. The molecule has 152 valence electrons. The minimum atomic E-state index is -0.555. The van der Waals surface area contributed by atoms with Gasteiger partial charge in [-0.3, -0.25) is 14.2 Å². The highest BCUT2D eigenvalue weighted by molar-refractivity contribution is 7.17. The Kier molecular flexibility index (Phi) is 6.66. The van der Waals surface area contributed by atoms with Gasteiger partial charge in [0, 0.05) is 16.1 Å². The first kappa shape index (κ1) is 21.0. The van der Waals surface area contributed by atoms with Gasteiger partial charge in [0.1, 0.15) is 11.4 Å². The number of ether oxygens (including phenoxy) is 1. The average Bonchev–Trinajstić information content (AvgIpc) is 3.12. The topological polar surface area (TPSA) is 90.3 Å². The standard InChI is InChI=1S/C20H20ClN3O4S/c1-3-4-7-28-20(27)14-10-29-18-17(14)19(26)24(11-22-18)9-16(25)23-15-8-13(21)6-5-12(15)2/h5-6,8,10-11H,3-4,7,9H2,1-2H3,(H,23,25). The van der Waals surface area contributed by atoms with Gasteiger partial charge in [-0.15, -0.1) is 11.3 Å². The molecule has 0 fully saturated rings. The van der Waals surface area contributed by atoms with Crippen molar-refractivity contribution in [1.29, 1.82) is 0 Å². The summed E-state index contributed by atoms with van der Waals surface area (Å²) in [5.41, 5.74) is 1.13. The highest BCUT2D eigenvalue weighted by Crippen LogP contribution is 2.22. The Hall–Kier alpha value is -2.71. The van der Waals surface area contributed by atoms with Crippen LogP contribution in [-0.4, -0.2) is 28.0 Å². The summed E-state index contributed by atoms with van der Waals surface area (Å²) in [6.07, 6.45) is 2.95. The summed E-state index contributed by atoms with van der Waals surface area (Å²) in [6, 6.07) is 5.16. The zero-order valence-electron chi connectivity index (χ0n) is 16.0. The third-order valence-corrected chi connectivity index (χ3v) is 5.42. The van der Waals surface area contributed by atoms with Crippen LogP contribution in [0.5, 0.6) is 0 Å². The third-order valence-electron chi connectivity index (χ3n) is 4.30. The number of rotatable bonds is 7. The monoisotopic (exact) mass is 433 g/mol. The zero-order chi connectivity index (χ0) is 21.0. The number of carbonyl (C=O) groups is 2. The number of aryl methyl sites for hydroxylation is 1. The number of thiophene rings is 1. The van der Waals surface area contributed by atoms with Crippen molar-refractivity contribution in [3.63, 3.8) is 0 Å². The van der Waals surface area contributed by atoms with Crippen molar-refractivity contribution < 1.29 is 14.3 Å². The number of halogens is 1. The Morgan fingerprint density at radius 3 is 2.90 bits per heavy atom. The number of hydrogen-bond donors (Lipinski definition) is 1. The van der Waals surface area contributed by atoms with Crippen molar-refractivity contribution in [2.45, 2.75) is 33.2 Å². The molecule has 3 aromatic rings. The van der Waals surface area contributed by atoms with Crippen molar-refractivity contribution in [3.05, 3.63) is 56.4 Å². The second-order valence-electron chi connectivity index (χ2n) is 6.50. The summed E-state index contributed by atoms with van der Waals surface area (Å²) < 4.78 is 6.39. The number of hydrogen-bond acceptors (Lipinski definition) is 6. The Labute approximate surface area is 176 Å². The molecule has 0 saturated heterocycles. The van der Waals surface area contributed by atoms with Gasteiger partial charge in [-0.05, 0) is 31.0 Å². The molecule has 1 N–H and O–H groups in total. The zero-order valence-corrected chi connectivity index (χ0v) is 17.6. The van der Waals surface area contributed by atoms with Gasteiger partial charge in [-0.25, -0.2) is 9.78 Å². The summed E-state index contributed by atoms with van der Waals surface area (Å²) in [5, 5.41) is 4.97. The number of anilines is 1. The SMILES string of the molecule is CCCCOC(=O)c1csc2ncn(CC(=O)Nc3cc(Cl)ccc3C)c(=O)c12. The minimum Gasteiger partial charge on any atom is -0.462 e. The van der Waals surface area contributed by atoms with Gasteiger partial charge in [0.15, 0.2) is 0 Å². The smallest absolute Gasteiger partial charge is 0.339 e. The van der Waals surface area contributed by atoms with Crippen LogP contribution in [0.1, 0.15) is 35.7 Å². The quantitative estimate of drug-likeness (QED) is 0.449. The van der Waals surface area contributed by atoms with E-state index >= 15 is 0 Å². The Morgan fingerprint density at radius 1 is 1.34 bits per heavy atom. The molecule has 0 unspecified atom stereocenters. The molecule has 0 bridgehead atoms. The molecule has 1 aromatic carbocycles. The van der Waals surface area contributed by atoms with Crippen molar-refractivity contribution >= 4 is 50.7 Å². The number of nitrogens with one attached hydrogen (secondary N) is 1. The Morgan fingerprint density at radius 2 is 2.14 bits per heavy atom. The van der Waals surface area contributed by atoms with Gasteiger partial charge in [-0.1, -0.05) is 31.0 Å². The number of carbonyl (C=O) groups excluding carboxylic acids is 2. The first-order valence-corrected chi connectivity index (χ1v) is 10.4. The lowest BCUT2D eigenvalue weighted by Crippen LogP contribution is -2.28. The fraction of sp³-hybridized carbons (Fsp3) is 0.300. The first-order valence-electron chi connectivity index (χ1n) is 9.10. The lowest BCUT2D eigenvalue weighted by molar-refractivity contribution is -0.116. The molecule has 0 aliphatic rings. The maximum atomic E-state index is 12.9. The van der Waals surface area contributed by atoms with Gasteiger partial charge in [-0.2, -0.15) is 0 Å². The van der Waals surface area contributed by atoms with Gasteiger partial charge < -0.3 is 10.1 Å². The Bertz CT molecular complexity index is 1120. The molecular weight excluding hydrogens is 414 g/mol. The van der Waals surface area contributed by atoms with Crippen molar-refractivity contribution in [2.75, 3.05) is 11.9 Å². The molecule has 2 aromatic heterocycles. The van der Waals surface area contributed by atoms with Crippen LogP contribution in [0.25, 0.3) is 10.2 Å². The molecule has 0 atom stereocenters. The van der Waals surface area contributed by atoms with Gasteiger partial charge >= 0.3 is 5.97 Å². The number of fused-ring (bicyclic) bond motifs is 1. The molecule has 3 rings (SSSR count). The highest BCUT2D eigenvalue weighted by Gasteiger charge is 2.19. The third kappa shape index (κ3) is 4.83. The van der Waals surface area contributed by atoms with Crippen molar-refractivity contribution in [2.24, 2.45) is 0 Å². The average molecular weight is 434 g/mol. The minimum absolute atomic E-state index is 0.172. The van der Waals surface area contributed by atoms with E-state index in [1.54, 1.807) is 23.6 Å². The van der Waals surface area contributed by atoms with E-state index < -0.39 is 17.4 Å². The van der Waals surface area contributed by atoms with E-state index in [1.165, 1.54) is 22.2 Å². The second-order valence-corrected chi connectivity index (χ2v) is 7.80. The van der Waals surface area contributed by atoms with Crippen LogP contribution < -0.4 is 10.9 Å². The number of benzene rings is 1. The number of esters is 1. The summed E-state index contributed by atoms with van der Waals surface area (Å²) in [7, 11) is 0. The van der Waals surface area contributed by atoms with Crippen LogP contribution in [-0.2, 0) is 16.1 Å². The molecule has 0 spiro atoms. The number of amides is 1. The second kappa shape index (κ2) is 9.19. The maximum Gasteiger partial charge on any atom is 0.339 e. The van der Waals surface area contributed by atoms with E-state index in [0.29, 0.717) is 22.1 Å². The molecular formula is C20H20ClN3O4S. The summed E-state index contributed by atoms with van der Waals surface area (Å²) in [5.74, 6) is -0.957. The number of aromatic nitrogens is 2. The van der Waals surface area contributed by atoms with Crippen LogP contribution in [0.15, 0.2) is 34.7 Å². The summed E-state index contributed by atoms with van der Waals surface area (Å²) in [6.45, 7) is 3.89. The van der Waals surface area contributed by atoms with Crippen LogP contribution in [0.4, 0.5) is 5.69 Å². The van der Waals surface area contributed by atoms with E-state index in [2.05, 4.69) is 10.3 Å². The molecule has 9 heteroatoms. The van der Waals surface area contributed by atoms with Crippen molar-refractivity contribution in [3.8, 4) is 0 Å². The van der Waals surface area contributed by atoms with Gasteiger partial charge in [0.05, 0.1) is 23.9 Å². The maximum absolute atomic E-state index is 12.9. The van der Waals surface area contributed by atoms with E-state index in [1.807, 2.05) is 13.8 Å². The van der Waals surface area contributed by atoms with Crippen LogP contribution in [0, 0.1) is 6.92 Å². The van der Waals surface area contributed by atoms with Crippen molar-refractivity contribution in [1.82, 2.24) is 9.55 Å². The lowest BCUT2D eigenvalue weighted by Gasteiger charge is -2.10. The van der Waals surface area contributed by atoms with E-state index in [-0.39, 0.29) is 17.5 Å². The van der Waals surface area contributed by atoms with E-state index in [0.717, 1.165) is 18.4 Å². The summed E-state index contributed by atoms with van der Waals surface area (Å²) >= 11 is 7.16. The molecule has 0 saturated carbocycles. The predicted molar refractivity (Wildman–Crippen MR) is 114 cm³/mol. The summed E-state index contributed by atoms with van der Waals surface area (Å²) in [4.78, 5) is 42.3. The predicted octanol–water partition coefficient (Wildman–Crippen LogP) is 4.02. The van der Waals surface area contributed by atoms with E-state index in [4.69, 9.17) is 16.3 Å². The number of nitrogens with zero attached hydrogens (tertiary/aromatic N) is 2. The largest absolute Gasteiger partial charge is 0.462 e. The number of unbranched alkanes of at least 4 members (excludes halogenated alkanes) is 1. The fourth-order valence-electron chi connectivity index (χ4n) is 2.69. The van der Waals surface area contributed by atoms with Crippen LogP contribution >= 0.6 is 22.9 Å². The van der Waals surface area contributed by atoms with Gasteiger partial charge in [0.25, 0.3) is 5.56 Å². The van der Waals surface area contributed by atoms with Crippen LogP contribution in [0.3, 0.4) is 0 Å². The fourth-order valence-corrected chi connectivity index (χ4v) is 3.73. The Balaban J connectivity index is 1.83. The molecule has 29 heavy (non-hydrogen) atoms. The molecule has 1 amide bonds. The lowest BCUT2D eigenvalue weighted by atomic mass is 10.2. The molecule has 0 aliphatic carbocycles. The molecule has 7 nitrogen and oxygen atoms in total. The molecule has 2 heterocycles. The molecule has 0 aliphatic heterocycles. The first-order chi connectivity index (χ1) is 13.9. The van der Waals surface area contributed by atoms with Crippen LogP contribution in [0.2, 0.25) is 5.02 Å². The van der Waals surface area contributed by atoms with E-state index in [9.17, 15) is 14.4 Å². The molecule has 0 radical (unpaired) electrons. The highest BCUT2D eigenvalue weighted by atomic mass is 35.5. The van der Waals surface area contributed by atoms with Gasteiger partial charge in [0.2, 0.25) is 5.91 Å².